The van der Waals surface area contributed by atoms with E-state index >= 15 is 0 Å². The van der Waals surface area contributed by atoms with Crippen molar-refractivity contribution in [2.75, 3.05) is 5.73 Å². The number of aryl methyl sites for hydroxylation is 1. The minimum absolute atomic E-state index is 0.564. The van der Waals surface area contributed by atoms with Gasteiger partial charge in [0.1, 0.15) is 0 Å². The van der Waals surface area contributed by atoms with Gasteiger partial charge in [0, 0.05) is 11.3 Å². The zero-order valence-electron chi connectivity index (χ0n) is 9.77. The van der Waals surface area contributed by atoms with Crippen LogP contribution in [-0.2, 0) is 12.8 Å². The van der Waals surface area contributed by atoms with Crippen molar-refractivity contribution in [2.24, 2.45) is 5.92 Å². The predicted molar refractivity (Wildman–Crippen MR) is 67.8 cm³/mol. The fourth-order valence-electron chi connectivity index (χ4n) is 1.83. The second-order valence-electron chi connectivity index (χ2n) is 4.51. The molecule has 90 valence electrons. The number of hydrogen-bond acceptors (Lipinski definition) is 5. The highest BCUT2D eigenvalue weighted by molar-refractivity contribution is 7.16. The van der Waals surface area contributed by atoms with E-state index in [0.717, 1.165) is 35.1 Å². The van der Waals surface area contributed by atoms with Gasteiger partial charge in [-0.3, -0.25) is 0 Å². The summed E-state index contributed by atoms with van der Waals surface area (Å²) in [4.78, 5) is 5.67. The van der Waals surface area contributed by atoms with Crippen LogP contribution in [0.3, 0.4) is 0 Å². The van der Waals surface area contributed by atoms with E-state index in [1.807, 2.05) is 0 Å². The largest absolute Gasteiger partial charge is 0.390 e. The Hall–Kier alpha value is -1.36. The van der Waals surface area contributed by atoms with Gasteiger partial charge in [-0.1, -0.05) is 12.1 Å². The molecule has 0 bridgehead atoms. The van der Waals surface area contributed by atoms with Crippen LogP contribution < -0.4 is 5.73 Å². The molecule has 4 nitrogen and oxygen atoms in total. The number of aromatic nitrogens is 2. The summed E-state index contributed by atoms with van der Waals surface area (Å²) in [5.41, 5.74) is 6.85. The van der Waals surface area contributed by atoms with Crippen molar-refractivity contribution in [3.05, 3.63) is 16.8 Å². The maximum atomic E-state index is 5.96. The van der Waals surface area contributed by atoms with Gasteiger partial charge in [-0.05, 0) is 31.2 Å². The molecule has 2 N–H and O–H groups in total. The molecule has 2 aromatic rings. The van der Waals surface area contributed by atoms with Crippen molar-refractivity contribution >= 4 is 16.3 Å². The third-order valence-corrected chi connectivity index (χ3v) is 4.14. The molecule has 3 rings (SSSR count). The summed E-state index contributed by atoms with van der Waals surface area (Å²) in [6.07, 6.45) is 4.51. The van der Waals surface area contributed by atoms with Crippen molar-refractivity contribution in [3.63, 3.8) is 0 Å². The minimum atomic E-state index is 0.564. The van der Waals surface area contributed by atoms with Gasteiger partial charge in [0.05, 0.1) is 10.6 Å². The van der Waals surface area contributed by atoms with Crippen LogP contribution in [-0.4, -0.2) is 10.1 Å². The number of nitrogens with zero attached hydrogens (tertiary/aromatic N) is 2. The quantitative estimate of drug-likeness (QED) is 0.904. The third-order valence-electron chi connectivity index (χ3n) is 3.03. The molecular weight excluding hydrogens is 234 g/mol. The maximum Gasteiger partial charge on any atom is 0.260 e. The molecule has 0 saturated heterocycles. The maximum absolute atomic E-state index is 5.96. The molecule has 5 heteroatoms. The zero-order valence-corrected chi connectivity index (χ0v) is 10.6. The first-order valence-corrected chi connectivity index (χ1v) is 6.79. The Labute approximate surface area is 104 Å². The van der Waals surface area contributed by atoms with Crippen LogP contribution in [0.5, 0.6) is 0 Å². The number of rotatable bonds is 4. The standard InChI is InChI=1S/C12H15N3OS/c1-2-8-6-9(11(13)17-8)12-14-10(15-16-12)5-7-3-4-7/h6-7H,2-5,13H2,1H3. The lowest BCUT2D eigenvalue weighted by atomic mass is 10.2. The highest BCUT2D eigenvalue weighted by atomic mass is 32.1. The molecule has 17 heavy (non-hydrogen) atoms. The Kier molecular flexibility index (Phi) is 2.63. The molecule has 0 aromatic carbocycles. The molecule has 0 amide bonds. The highest BCUT2D eigenvalue weighted by Gasteiger charge is 2.24. The van der Waals surface area contributed by atoms with Gasteiger partial charge in [-0.25, -0.2) is 0 Å². The first kappa shape index (κ1) is 10.8. The molecule has 1 aliphatic carbocycles. The summed E-state index contributed by atoms with van der Waals surface area (Å²) < 4.78 is 5.28. The van der Waals surface area contributed by atoms with Crippen LogP contribution in [0.15, 0.2) is 10.6 Å². The fourth-order valence-corrected chi connectivity index (χ4v) is 2.69. The van der Waals surface area contributed by atoms with E-state index in [-0.39, 0.29) is 0 Å². The summed E-state index contributed by atoms with van der Waals surface area (Å²) >= 11 is 1.59. The monoisotopic (exact) mass is 249 g/mol. The van der Waals surface area contributed by atoms with E-state index in [4.69, 9.17) is 10.3 Å². The Morgan fingerprint density at radius 2 is 2.35 bits per heavy atom. The first-order valence-electron chi connectivity index (χ1n) is 5.97. The van der Waals surface area contributed by atoms with Crippen LogP contribution in [0, 0.1) is 5.92 Å². The summed E-state index contributed by atoms with van der Waals surface area (Å²) in [5, 5.41) is 4.78. The van der Waals surface area contributed by atoms with Gasteiger partial charge in [-0.2, -0.15) is 4.98 Å². The van der Waals surface area contributed by atoms with E-state index < -0.39 is 0 Å². The average Bonchev–Trinajstić information content (AvgIpc) is 2.87. The molecular formula is C12H15N3OS. The van der Waals surface area contributed by atoms with Crippen molar-refractivity contribution in [1.29, 1.82) is 0 Å². The fraction of sp³-hybridized carbons (Fsp3) is 0.500. The smallest absolute Gasteiger partial charge is 0.260 e. The van der Waals surface area contributed by atoms with Crippen molar-refractivity contribution < 1.29 is 4.52 Å². The normalized spacial score (nSPS) is 15.4. The Morgan fingerprint density at radius 3 is 3.00 bits per heavy atom. The molecule has 1 fully saturated rings. The third kappa shape index (κ3) is 2.20. The van der Waals surface area contributed by atoms with Crippen LogP contribution in [0.1, 0.15) is 30.5 Å². The van der Waals surface area contributed by atoms with Crippen LogP contribution in [0.2, 0.25) is 0 Å². The Morgan fingerprint density at radius 1 is 1.53 bits per heavy atom. The Bertz CT molecular complexity index is 528. The summed E-state index contributed by atoms with van der Waals surface area (Å²) in [5.74, 6) is 2.15. The van der Waals surface area contributed by atoms with Gasteiger partial charge in [0.2, 0.25) is 0 Å². The summed E-state index contributed by atoms with van der Waals surface area (Å²) in [6, 6.07) is 2.05. The molecule has 0 spiro atoms. The molecule has 2 heterocycles. The molecule has 1 aliphatic rings. The summed E-state index contributed by atoms with van der Waals surface area (Å²) in [6.45, 7) is 2.11. The number of anilines is 1. The number of thiophene rings is 1. The number of nitrogen functional groups attached to an aromatic ring is 1. The molecule has 2 aromatic heterocycles. The van der Waals surface area contributed by atoms with Gasteiger partial charge in [0.15, 0.2) is 5.82 Å². The number of hydrogen-bond donors (Lipinski definition) is 1. The molecule has 0 radical (unpaired) electrons. The lowest BCUT2D eigenvalue weighted by Crippen LogP contribution is -1.89. The average molecular weight is 249 g/mol. The molecule has 0 atom stereocenters. The Balaban J connectivity index is 1.86. The van der Waals surface area contributed by atoms with E-state index in [1.165, 1.54) is 17.7 Å². The van der Waals surface area contributed by atoms with Gasteiger partial charge >= 0.3 is 0 Å². The van der Waals surface area contributed by atoms with E-state index in [0.29, 0.717) is 5.89 Å². The van der Waals surface area contributed by atoms with Crippen molar-refractivity contribution in [1.82, 2.24) is 10.1 Å². The van der Waals surface area contributed by atoms with Crippen LogP contribution >= 0.6 is 11.3 Å². The highest BCUT2D eigenvalue weighted by Crippen LogP contribution is 2.35. The van der Waals surface area contributed by atoms with Gasteiger partial charge < -0.3 is 10.3 Å². The van der Waals surface area contributed by atoms with Crippen LogP contribution in [0.4, 0.5) is 5.00 Å². The predicted octanol–water partition coefficient (Wildman–Crippen LogP) is 2.90. The summed E-state index contributed by atoms with van der Waals surface area (Å²) in [7, 11) is 0. The van der Waals surface area contributed by atoms with Gasteiger partial charge in [0.25, 0.3) is 5.89 Å². The first-order chi connectivity index (χ1) is 8.26. The van der Waals surface area contributed by atoms with E-state index in [2.05, 4.69) is 23.1 Å². The second-order valence-corrected chi connectivity index (χ2v) is 5.68. The lowest BCUT2D eigenvalue weighted by molar-refractivity contribution is 0.421. The lowest BCUT2D eigenvalue weighted by Gasteiger charge is -1.89. The minimum Gasteiger partial charge on any atom is -0.390 e. The van der Waals surface area contributed by atoms with Crippen LogP contribution in [0.25, 0.3) is 11.5 Å². The topological polar surface area (TPSA) is 64.9 Å². The van der Waals surface area contributed by atoms with Crippen molar-refractivity contribution in [3.8, 4) is 11.5 Å². The SMILES string of the molecule is CCc1cc(-c2nc(CC3CC3)no2)c(N)s1. The van der Waals surface area contributed by atoms with Crippen molar-refractivity contribution in [2.45, 2.75) is 32.6 Å². The second kappa shape index (κ2) is 4.14. The molecule has 0 unspecified atom stereocenters. The number of nitrogens with two attached hydrogens (primary N) is 1. The van der Waals surface area contributed by atoms with Gasteiger partial charge in [-0.15, -0.1) is 11.3 Å². The molecule has 1 saturated carbocycles. The van der Waals surface area contributed by atoms with E-state index in [1.54, 1.807) is 11.3 Å². The van der Waals surface area contributed by atoms with E-state index in [9.17, 15) is 0 Å². The zero-order chi connectivity index (χ0) is 11.8. The molecule has 0 aliphatic heterocycles.